The highest BCUT2D eigenvalue weighted by Gasteiger charge is 2.42. The van der Waals surface area contributed by atoms with Crippen LogP contribution in [0.15, 0.2) is 125 Å². The predicted octanol–water partition coefficient (Wildman–Crippen LogP) is 7.02. The lowest BCUT2D eigenvalue weighted by atomic mass is 10.0. The summed E-state index contributed by atoms with van der Waals surface area (Å²) >= 11 is 7.37. The molecule has 10 nitrogen and oxygen atoms in total. The van der Waals surface area contributed by atoms with E-state index in [0.29, 0.717) is 10.8 Å². The van der Waals surface area contributed by atoms with Gasteiger partial charge in [-0.15, -0.1) is 0 Å². The zero-order chi connectivity index (χ0) is 29.2. The molecule has 0 aliphatic carbocycles. The van der Waals surface area contributed by atoms with Gasteiger partial charge in [0.25, 0.3) is 11.4 Å². The molecule has 0 radical (unpaired) electrons. The van der Waals surface area contributed by atoms with E-state index in [4.69, 9.17) is 12.2 Å². The van der Waals surface area contributed by atoms with Gasteiger partial charge in [-0.3, -0.25) is 25.2 Å². The molecule has 0 unspecified atom stereocenters. The number of nitro groups is 2. The second kappa shape index (κ2) is 11.4. The number of pyridine rings is 1. The van der Waals surface area contributed by atoms with Gasteiger partial charge >= 0.3 is 0 Å². The summed E-state index contributed by atoms with van der Waals surface area (Å²) in [6.07, 6.45) is 3.62. The molecule has 0 spiro atoms. The number of benzene rings is 3. The van der Waals surface area contributed by atoms with E-state index in [9.17, 15) is 20.2 Å². The van der Waals surface area contributed by atoms with Crippen LogP contribution < -0.4 is 10.2 Å². The highest BCUT2D eigenvalue weighted by molar-refractivity contribution is 7.99. The smallest absolute Gasteiger partial charge is 0.271 e. The van der Waals surface area contributed by atoms with Gasteiger partial charge in [0.2, 0.25) is 0 Å². The number of thiocarbonyl (C=S) groups is 1. The van der Waals surface area contributed by atoms with Crippen LogP contribution in [0.3, 0.4) is 0 Å². The van der Waals surface area contributed by atoms with Gasteiger partial charge in [0.05, 0.1) is 27.3 Å². The number of non-ortho nitro benzene ring substituents is 2. The number of aromatic nitrogens is 2. The molecule has 0 bridgehead atoms. The lowest BCUT2D eigenvalue weighted by Crippen LogP contribution is -2.30. The summed E-state index contributed by atoms with van der Waals surface area (Å²) in [7, 11) is 0. The Bertz CT molecular complexity index is 1780. The van der Waals surface area contributed by atoms with Crippen molar-refractivity contribution in [2.75, 3.05) is 4.90 Å². The third-order valence-corrected chi connectivity index (χ3v) is 8.23. The molecular weight excluding hydrogens is 573 g/mol. The quantitative estimate of drug-likeness (QED) is 0.115. The summed E-state index contributed by atoms with van der Waals surface area (Å²) in [5.41, 5.74) is 3.26. The SMILES string of the molecule is O=[N+]([O-])c1ccc(Sc2ccc(N3C(=S)N[C@H](c4ccccn4)[C@@H]3c3cccn3-c3cccc([N+](=O)[O-])c3)cc2)cc1. The maximum absolute atomic E-state index is 11.5. The number of nitrogens with zero attached hydrogens (tertiary/aromatic N) is 5. The van der Waals surface area contributed by atoms with Gasteiger partial charge < -0.3 is 14.8 Å². The molecule has 1 saturated heterocycles. The lowest BCUT2D eigenvalue weighted by molar-refractivity contribution is -0.385. The van der Waals surface area contributed by atoms with E-state index < -0.39 is 9.85 Å². The van der Waals surface area contributed by atoms with Gasteiger partial charge in [-0.1, -0.05) is 23.9 Å². The number of rotatable bonds is 8. The Morgan fingerprint density at radius 1 is 0.786 bits per heavy atom. The van der Waals surface area contributed by atoms with Crippen LogP contribution in [0.4, 0.5) is 17.1 Å². The number of anilines is 1. The fourth-order valence-electron chi connectivity index (χ4n) is 5.01. The maximum Gasteiger partial charge on any atom is 0.271 e. The second-order valence-electron chi connectivity index (χ2n) is 9.42. The molecule has 2 aromatic heterocycles. The summed E-state index contributed by atoms with van der Waals surface area (Å²) in [6, 6.07) is 29.9. The average molecular weight is 595 g/mol. The van der Waals surface area contributed by atoms with E-state index >= 15 is 0 Å². The standard InChI is InChI=1S/C30H22N6O4S2/c37-35(38)21-11-15-25(16-12-21)42-24-13-9-20(10-14-24)34-29(28(32-30(34)41)26-7-1-2-17-31-26)27-8-4-18-33(27)22-5-3-6-23(19-22)36(39)40/h1-19,28-29H,(H,32,41)/t28-,29+/m1/s1. The molecule has 6 rings (SSSR count). The summed E-state index contributed by atoms with van der Waals surface area (Å²) < 4.78 is 1.94. The Kier molecular flexibility index (Phi) is 7.38. The van der Waals surface area contributed by atoms with E-state index in [1.807, 2.05) is 76.3 Å². The molecule has 1 aliphatic heterocycles. The van der Waals surface area contributed by atoms with E-state index in [0.717, 1.165) is 26.9 Å². The molecule has 3 heterocycles. The minimum absolute atomic E-state index is 0.00598. The third kappa shape index (κ3) is 5.32. The highest BCUT2D eigenvalue weighted by Crippen LogP contribution is 2.43. The molecule has 5 aromatic rings. The van der Waals surface area contributed by atoms with Gasteiger partial charge in [0.1, 0.15) is 6.04 Å². The van der Waals surface area contributed by atoms with Crippen molar-refractivity contribution in [3.63, 3.8) is 0 Å². The van der Waals surface area contributed by atoms with Crippen molar-refractivity contribution >= 4 is 46.2 Å². The molecule has 42 heavy (non-hydrogen) atoms. The van der Waals surface area contributed by atoms with Gasteiger partial charge in [-0.2, -0.15) is 0 Å². The number of hydrogen-bond acceptors (Lipinski definition) is 7. The Labute approximate surface area is 249 Å². The molecule has 2 atom stereocenters. The van der Waals surface area contributed by atoms with E-state index in [2.05, 4.69) is 10.3 Å². The van der Waals surface area contributed by atoms with Crippen LogP contribution in [-0.4, -0.2) is 24.5 Å². The van der Waals surface area contributed by atoms with Crippen molar-refractivity contribution in [3.8, 4) is 5.69 Å². The monoisotopic (exact) mass is 594 g/mol. The van der Waals surface area contributed by atoms with E-state index in [1.165, 1.54) is 30.0 Å². The van der Waals surface area contributed by atoms with Crippen molar-refractivity contribution in [3.05, 3.63) is 147 Å². The molecule has 208 valence electrons. The first-order valence-corrected chi connectivity index (χ1v) is 14.1. The molecule has 12 heteroatoms. The van der Waals surface area contributed by atoms with Crippen molar-refractivity contribution in [2.24, 2.45) is 0 Å². The highest BCUT2D eigenvalue weighted by atomic mass is 32.2. The summed E-state index contributed by atoms with van der Waals surface area (Å²) in [6.45, 7) is 0. The number of nitro benzene ring substituents is 2. The zero-order valence-corrected chi connectivity index (χ0v) is 23.4. The van der Waals surface area contributed by atoms with Crippen LogP contribution in [-0.2, 0) is 0 Å². The fraction of sp³-hybridized carbons (Fsp3) is 0.0667. The first-order valence-electron chi connectivity index (χ1n) is 12.8. The van der Waals surface area contributed by atoms with E-state index in [1.54, 1.807) is 30.5 Å². The predicted molar refractivity (Wildman–Crippen MR) is 164 cm³/mol. The Hall–Kier alpha value is -5.07. The van der Waals surface area contributed by atoms with Crippen molar-refractivity contribution in [2.45, 2.75) is 21.9 Å². The summed E-state index contributed by atoms with van der Waals surface area (Å²) in [4.78, 5) is 30.1. The molecule has 1 N–H and O–H groups in total. The summed E-state index contributed by atoms with van der Waals surface area (Å²) in [5.74, 6) is 0. The van der Waals surface area contributed by atoms with Crippen molar-refractivity contribution in [1.29, 1.82) is 0 Å². The summed E-state index contributed by atoms with van der Waals surface area (Å²) in [5, 5.41) is 26.4. The second-order valence-corrected chi connectivity index (χ2v) is 11.0. The Morgan fingerprint density at radius 3 is 2.17 bits per heavy atom. The van der Waals surface area contributed by atoms with Gasteiger partial charge in [0, 0.05) is 57.8 Å². The van der Waals surface area contributed by atoms with Crippen molar-refractivity contribution in [1.82, 2.24) is 14.9 Å². The Morgan fingerprint density at radius 2 is 1.50 bits per heavy atom. The van der Waals surface area contributed by atoms with Crippen LogP contribution in [0.25, 0.3) is 5.69 Å². The molecule has 0 amide bonds. The maximum atomic E-state index is 11.5. The van der Waals surface area contributed by atoms with Crippen LogP contribution in [0.2, 0.25) is 0 Å². The van der Waals surface area contributed by atoms with Gasteiger partial charge in [-0.25, -0.2) is 0 Å². The van der Waals surface area contributed by atoms with Gasteiger partial charge in [0.15, 0.2) is 5.11 Å². The minimum atomic E-state index is -0.416. The number of nitrogens with one attached hydrogen (secondary N) is 1. The molecule has 0 saturated carbocycles. The molecule has 1 aliphatic rings. The minimum Gasteiger partial charge on any atom is -0.351 e. The lowest BCUT2D eigenvalue weighted by Gasteiger charge is -2.29. The normalized spacial score (nSPS) is 16.3. The fourth-order valence-corrected chi connectivity index (χ4v) is 6.17. The third-order valence-electron chi connectivity index (χ3n) is 6.90. The van der Waals surface area contributed by atoms with Crippen LogP contribution in [0, 0.1) is 20.2 Å². The molecule has 1 fully saturated rings. The van der Waals surface area contributed by atoms with Crippen molar-refractivity contribution < 1.29 is 9.85 Å². The first-order chi connectivity index (χ1) is 20.4. The van der Waals surface area contributed by atoms with Crippen LogP contribution in [0.1, 0.15) is 23.5 Å². The van der Waals surface area contributed by atoms with Crippen LogP contribution >= 0.6 is 24.0 Å². The Balaban J connectivity index is 1.37. The largest absolute Gasteiger partial charge is 0.351 e. The van der Waals surface area contributed by atoms with E-state index in [-0.39, 0.29) is 23.5 Å². The molecular formula is C30H22N6O4S2. The average Bonchev–Trinajstić information content (AvgIpc) is 3.63. The number of hydrogen-bond donors (Lipinski definition) is 1. The van der Waals surface area contributed by atoms with Crippen LogP contribution in [0.5, 0.6) is 0 Å². The first kappa shape index (κ1) is 27.1. The topological polar surface area (TPSA) is 119 Å². The zero-order valence-electron chi connectivity index (χ0n) is 21.8. The van der Waals surface area contributed by atoms with Gasteiger partial charge in [-0.05, 0) is 78.9 Å². The molecule has 3 aromatic carbocycles.